The van der Waals surface area contributed by atoms with E-state index in [0.29, 0.717) is 34.2 Å². The number of nitrogens with zero attached hydrogens (tertiary/aromatic N) is 5. The molecule has 0 radical (unpaired) electrons. The maximum atomic E-state index is 10.6. The molecule has 0 aliphatic heterocycles. The summed E-state index contributed by atoms with van der Waals surface area (Å²) in [6.45, 7) is 1.91. The molecule has 0 saturated carbocycles. The predicted molar refractivity (Wildman–Crippen MR) is 99.4 cm³/mol. The third kappa shape index (κ3) is 2.80. The fourth-order valence-electron chi connectivity index (χ4n) is 2.97. The number of aryl methyl sites for hydroxylation is 1. The van der Waals surface area contributed by atoms with E-state index in [1.165, 1.54) is 11.7 Å². The van der Waals surface area contributed by atoms with Crippen LogP contribution >= 0.6 is 0 Å². The van der Waals surface area contributed by atoms with Crippen molar-refractivity contribution >= 4 is 10.9 Å². The number of aromatic nitrogens is 5. The second kappa shape index (κ2) is 6.56. The summed E-state index contributed by atoms with van der Waals surface area (Å²) in [5, 5.41) is 11.3. The second-order valence-corrected chi connectivity index (χ2v) is 5.89. The summed E-state index contributed by atoms with van der Waals surface area (Å²) in [6, 6.07) is 5.42. The highest BCUT2D eigenvalue weighted by Crippen LogP contribution is 2.35. The van der Waals surface area contributed by atoms with E-state index in [0.717, 1.165) is 11.1 Å². The first-order valence-electron chi connectivity index (χ1n) is 8.20. The van der Waals surface area contributed by atoms with Crippen molar-refractivity contribution in [1.29, 1.82) is 0 Å². The van der Waals surface area contributed by atoms with Gasteiger partial charge in [-0.2, -0.15) is 0 Å². The minimum absolute atomic E-state index is 0.0539. The predicted octanol–water partition coefficient (Wildman–Crippen LogP) is 2.91. The van der Waals surface area contributed by atoms with Gasteiger partial charge in [-0.15, -0.1) is 0 Å². The van der Waals surface area contributed by atoms with Crippen molar-refractivity contribution in [3.05, 3.63) is 48.5 Å². The molecule has 0 aliphatic rings. The Labute approximate surface area is 155 Å². The van der Waals surface area contributed by atoms with E-state index in [-0.39, 0.29) is 5.88 Å². The van der Waals surface area contributed by atoms with E-state index in [1.807, 2.05) is 19.1 Å². The normalized spacial score (nSPS) is 10.9. The van der Waals surface area contributed by atoms with Gasteiger partial charge in [-0.1, -0.05) is 0 Å². The average Bonchev–Trinajstić information content (AvgIpc) is 3.05. The van der Waals surface area contributed by atoms with Gasteiger partial charge in [-0.3, -0.25) is 4.57 Å². The number of rotatable bonds is 4. The Hall–Kier alpha value is -3.68. The lowest BCUT2D eigenvalue weighted by Crippen LogP contribution is -1.97. The lowest BCUT2D eigenvalue weighted by atomic mass is 10.1. The van der Waals surface area contributed by atoms with Crippen LogP contribution < -0.4 is 9.47 Å². The molecule has 0 atom stereocenters. The summed E-state index contributed by atoms with van der Waals surface area (Å²) in [6.07, 6.45) is 6.62. The van der Waals surface area contributed by atoms with Crippen LogP contribution in [0.1, 0.15) is 5.56 Å². The number of fused-ring (bicyclic) bond motifs is 1. The zero-order chi connectivity index (χ0) is 19.0. The van der Waals surface area contributed by atoms with Crippen LogP contribution in [0.5, 0.6) is 17.5 Å². The Bertz CT molecular complexity index is 1130. The van der Waals surface area contributed by atoms with Crippen LogP contribution in [0.3, 0.4) is 0 Å². The Morgan fingerprint density at radius 3 is 2.52 bits per heavy atom. The highest BCUT2D eigenvalue weighted by molar-refractivity contribution is 5.90. The van der Waals surface area contributed by atoms with Gasteiger partial charge in [0.2, 0.25) is 11.8 Å². The van der Waals surface area contributed by atoms with Crippen LogP contribution in [-0.2, 0) is 0 Å². The van der Waals surface area contributed by atoms with Gasteiger partial charge >= 0.3 is 0 Å². The molecule has 4 aromatic rings. The molecule has 4 aromatic heterocycles. The van der Waals surface area contributed by atoms with Crippen LogP contribution in [0.4, 0.5) is 0 Å². The van der Waals surface area contributed by atoms with Gasteiger partial charge in [0, 0.05) is 30.4 Å². The van der Waals surface area contributed by atoms with Gasteiger partial charge in [0.15, 0.2) is 5.75 Å². The Kier molecular flexibility index (Phi) is 4.08. The minimum Gasteiger partial charge on any atom is -0.494 e. The van der Waals surface area contributed by atoms with Gasteiger partial charge < -0.3 is 14.6 Å². The molecule has 8 nitrogen and oxygen atoms in total. The van der Waals surface area contributed by atoms with E-state index in [1.54, 1.807) is 38.0 Å². The number of aromatic hydroxyl groups is 1. The van der Waals surface area contributed by atoms with Crippen molar-refractivity contribution in [2.24, 2.45) is 0 Å². The lowest BCUT2D eigenvalue weighted by Gasteiger charge is -2.09. The van der Waals surface area contributed by atoms with Crippen LogP contribution in [0.25, 0.3) is 28.1 Å². The summed E-state index contributed by atoms with van der Waals surface area (Å²) < 4.78 is 12.0. The Morgan fingerprint density at radius 1 is 1.04 bits per heavy atom. The molecule has 0 aromatic carbocycles. The zero-order valence-corrected chi connectivity index (χ0v) is 15.0. The SMILES string of the molecule is COc1cc(-c2cc(C)c3c(O)n(-c4ncccn4)cc3n2)cnc1OC. The van der Waals surface area contributed by atoms with Crippen molar-refractivity contribution < 1.29 is 14.6 Å². The molecule has 0 saturated heterocycles. The molecule has 0 bridgehead atoms. The fourth-order valence-corrected chi connectivity index (χ4v) is 2.97. The first-order chi connectivity index (χ1) is 13.1. The van der Waals surface area contributed by atoms with Gasteiger partial charge in [0.1, 0.15) is 0 Å². The molecule has 4 rings (SSSR count). The lowest BCUT2D eigenvalue weighted by molar-refractivity contribution is 0.343. The van der Waals surface area contributed by atoms with Crippen molar-refractivity contribution in [3.8, 4) is 34.7 Å². The summed E-state index contributed by atoms with van der Waals surface area (Å²) in [5.74, 6) is 1.36. The summed E-state index contributed by atoms with van der Waals surface area (Å²) in [5.41, 5.74) is 2.99. The van der Waals surface area contributed by atoms with Crippen LogP contribution in [-0.4, -0.2) is 43.8 Å². The van der Waals surface area contributed by atoms with E-state index >= 15 is 0 Å². The maximum absolute atomic E-state index is 10.6. The molecule has 0 spiro atoms. The molecule has 4 heterocycles. The molecular weight excluding hydrogens is 346 g/mol. The summed E-state index contributed by atoms with van der Waals surface area (Å²) in [7, 11) is 3.10. The Morgan fingerprint density at radius 2 is 1.81 bits per heavy atom. The molecule has 0 amide bonds. The van der Waals surface area contributed by atoms with Gasteiger partial charge in [-0.25, -0.2) is 19.9 Å². The molecule has 0 aliphatic carbocycles. The number of hydrogen-bond acceptors (Lipinski definition) is 7. The molecule has 136 valence electrons. The average molecular weight is 363 g/mol. The van der Waals surface area contributed by atoms with Crippen LogP contribution in [0.15, 0.2) is 43.0 Å². The van der Waals surface area contributed by atoms with Gasteiger partial charge in [0.05, 0.1) is 30.8 Å². The van der Waals surface area contributed by atoms with Crippen molar-refractivity contribution in [1.82, 2.24) is 24.5 Å². The van der Waals surface area contributed by atoms with Gasteiger partial charge in [0.25, 0.3) is 5.88 Å². The quantitative estimate of drug-likeness (QED) is 0.595. The van der Waals surface area contributed by atoms with E-state index in [2.05, 4.69) is 19.9 Å². The monoisotopic (exact) mass is 363 g/mol. The standard InChI is InChI=1S/C19H17N5O3/c1-11-7-13(12-8-15(26-2)17(27-3)22-9-12)23-14-10-24(18(25)16(11)14)19-20-5-4-6-21-19/h4-10,25H,1-3H3. The molecule has 8 heteroatoms. The topological polar surface area (TPSA) is 95.2 Å². The number of ether oxygens (including phenoxy) is 2. The Balaban J connectivity index is 1.87. The smallest absolute Gasteiger partial charge is 0.256 e. The second-order valence-electron chi connectivity index (χ2n) is 5.89. The summed E-state index contributed by atoms with van der Waals surface area (Å²) >= 11 is 0. The maximum Gasteiger partial charge on any atom is 0.256 e. The highest BCUT2D eigenvalue weighted by atomic mass is 16.5. The molecule has 1 N–H and O–H groups in total. The molecule has 0 fully saturated rings. The molecular formula is C19H17N5O3. The highest BCUT2D eigenvalue weighted by Gasteiger charge is 2.17. The summed E-state index contributed by atoms with van der Waals surface area (Å²) in [4.78, 5) is 17.3. The number of hydrogen-bond donors (Lipinski definition) is 1. The third-order valence-electron chi connectivity index (χ3n) is 4.24. The van der Waals surface area contributed by atoms with Gasteiger partial charge in [-0.05, 0) is 30.7 Å². The van der Waals surface area contributed by atoms with E-state index in [9.17, 15) is 5.11 Å². The number of pyridine rings is 2. The largest absolute Gasteiger partial charge is 0.494 e. The fraction of sp³-hybridized carbons (Fsp3) is 0.158. The minimum atomic E-state index is 0.0539. The van der Waals surface area contributed by atoms with Crippen molar-refractivity contribution in [2.45, 2.75) is 6.92 Å². The molecule has 0 unspecified atom stereocenters. The van der Waals surface area contributed by atoms with Crippen LogP contribution in [0.2, 0.25) is 0 Å². The number of methoxy groups -OCH3 is 2. The third-order valence-corrected chi connectivity index (χ3v) is 4.24. The van der Waals surface area contributed by atoms with Crippen LogP contribution in [0, 0.1) is 6.92 Å². The first kappa shape index (κ1) is 16.8. The first-order valence-corrected chi connectivity index (χ1v) is 8.20. The van der Waals surface area contributed by atoms with E-state index in [4.69, 9.17) is 9.47 Å². The molecule has 27 heavy (non-hydrogen) atoms. The van der Waals surface area contributed by atoms with Crippen molar-refractivity contribution in [2.75, 3.05) is 14.2 Å². The zero-order valence-electron chi connectivity index (χ0n) is 15.0. The van der Waals surface area contributed by atoms with E-state index < -0.39 is 0 Å². The van der Waals surface area contributed by atoms with Crippen molar-refractivity contribution in [3.63, 3.8) is 0 Å².